The average molecular weight is 412 g/mol. The summed E-state index contributed by atoms with van der Waals surface area (Å²) in [5.41, 5.74) is 6.51. The summed E-state index contributed by atoms with van der Waals surface area (Å²) in [4.78, 5) is 41.7. The lowest BCUT2D eigenvalue weighted by molar-refractivity contribution is -0.135. The number of benzene rings is 2. The SMILES string of the molecule is C[C@@H](c1nc2ccccc2s1)N(C)C(=O)COC(=O)c1cccc(NC(N)=O)c1. The highest BCUT2D eigenvalue weighted by atomic mass is 32.1. The molecular formula is C20H20N4O4S. The van der Waals surface area contributed by atoms with E-state index in [-0.39, 0.29) is 17.5 Å². The van der Waals surface area contributed by atoms with Crippen LogP contribution in [0.4, 0.5) is 10.5 Å². The number of rotatable bonds is 6. The number of carbonyl (C=O) groups excluding carboxylic acids is 3. The minimum atomic E-state index is -0.740. The van der Waals surface area contributed by atoms with Gasteiger partial charge in [-0.05, 0) is 37.3 Å². The lowest BCUT2D eigenvalue weighted by Gasteiger charge is -2.23. The molecule has 0 aliphatic carbocycles. The molecule has 3 amide bonds. The number of primary amides is 1. The Morgan fingerprint density at radius 2 is 1.97 bits per heavy atom. The summed E-state index contributed by atoms with van der Waals surface area (Å²) in [6, 6.07) is 12.9. The smallest absolute Gasteiger partial charge is 0.338 e. The van der Waals surface area contributed by atoms with Crippen molar-refractivity contribution in [1.82, 2.24) is 9.88 Å². The van der Waals surface area contributed by atoms with Crippen molar-refractivity contribution in [1.29, 1.82) is 0 Å². The molecule has 3 rings (SSSR count). The van der Waals surface area contributed by atoms with Crippen LogP contribution in [0, 0.1) is 0 Å². The number of likely N-dealkylation sites (N-methyl/N-ethyl adjacent to an activating group) is 1. The average Bonchev–Trinajstić information content (AvgIpc) is 3.14. The Labute approximate surface area is 171 Å². The fourth-order valence-corrected chi connectivity index (χ4v) is 3.69. The molecule has 1 aromatic heterocycles. The van der Waals surface area contributed by atoms with Crippen molar-refractivity contribution in [2.45, 2.75) is 13.0 Å². The molecule has 1 atom stereocenters. The number of nitrogens with one attached hydrogen (secondary N) is 1. The van der Waals surface area contributed by atoms with Gasteiger partial charge in [-0.2, -0.15) is 0 Å². The van der Waals surface area contributed by atoms with Crippen molar-refractivity contribution in [3.63, 3.8) is 0 Å². The molecule has 1 heterocycles. The van der Waals surface area contributed by atoms with E-state index in [1.54, 1.807) is 19.2 Å². The van der Waals surface area contributed by atoms with E-state index in [0.717, 1.165) is 15.2 Å². The molecule has 0 bridgehead atoms. The van der Waals surface area contributed by atoms with Crippen LogP contribution >= 0.6 is 11.3 Å². The first-order valence-electron chi connectivity index (χ1n) is 8.80. The summed E-state index contributed by atoms with van der Waals surface area (Å²) in [5, 5.41) is 3.18. The molecule has 0 spiro atoms. The molecular weight excluding hydrogens is 392 g/mol. The van der Waals surface area contributed by atoms with Crippen molar-refractivity contribution in [3.8, 4) is 0 Å². The summed E-state index contributed by atoms with van der Waals surface area (Å²) in [6.45, 7) is 1.47. The number of fused-ring (bicyclic) bond motifs is 1. The first kappa shape index (κ1) is 20.3. The number of anilines is 1. The zero-order valence-electron chi connectivity index (χ0n) is 15.9. The van der Waals surface area contributed by atoms with Crippen LogP contribution in [0.3, 0.4) is 0 Å². The topological polar surface area (TPSA) is 115 Å². The first-order chi connectivity index (χ1) is 13.8. The van der Waals surface area contributed by atoms with E-state index in [2.05, 4.69) is 10.3 Å². The second-order valence-electron chi connectivity index (χ2n) is 6.35. The number of hydrogen-bond donors (Lipinski definition) is 2. The Bertz CT molecular complexity index is 1030. The van der Waals surface area contributed by atoms with Crippen LogP contribution in [-0.4, -0.2) is 41.4 Å². The normalized spacial score (nSPS) is 11.7. The van der Waals surface area contributed by atoms with Gasteiger partial charge in [-0.15, -0.1) is 11.3 Å². The van der Waals surface area contributed by atoms with E-state index >= 15 is 0 Å². The number of ether oxygens (including phenoxy) is 1. The third kappa shape index (κ3) is 4.88. The van der Waals surface area contributed by atoms with Crippen LogP contribution < -0.4 is 11.1 Å². The number of nitrogens with zero attached hydrogens (tertiary/aromatic N) is 2. The van der Waals surface area contributed by atoms with Gasteiger partial charge in [0, 0.05) is 12.7 Å². The molecule has 0 fully saturated rings. The number of esters is 1. The molecule has 0 unspecified atom stereocenters. The third-order valence-corrected chi connectivity index (χ3v) is 5.54. The Morgan fingerprint density at radius 3 is 2.69 bits per heavy atom. The number of hydrogen-bond acceptors (Lipinski definition) is 6. The van der Waals surface area contributed by atoms with E-state index in [0.29, 0.717) is 5.69 Å². The highest BCUT2D eigenvalue weighted by Gasteiger charge is 2.22. The number of aromatic nitrogens is 1. The molecule has 0 saturated carbocycles. The van der Waals surface area contributed by atoms with Gasteiger partial charge >= 0.3 is 12.0 Å². The van der Waals surface area contributed by atoms with Gasteiger partial charge in [0.05, 0.1) is 21.8 Å². The quantitative estimate of drug-likeness (QED) is 0.604. The number of para-hydroxylation sites is 1. The largest absolute Gasteiger partial charge is 0.452 e. The molecule has 29 heavy (non-hydrogen) atoms. The minimum Gasteiger partial charge on any atom is -0.452 e. The Balaban J connectivity index is 1.60. The molecule has 0 saturated heterocycles. The van der Waals surface area contributed by atoms with Crippen LogP contribution in [0.25, 0.3) is 10.2 Å². The van der Waals surface area contributed by atoms with E-state index in [1.807, 2.05) is 31.2 Å². The summed E-state index contributed by atoms with van der Waals surface area (Å²) < 4.78 is 6.17. The number of thiazole rings is 1. The molecule has 0 aliphatic heterocycles. The fraction of sp³-hybridized carbons (Fsp3) is 0.200. The van der Waals surface area contributed by atoms with Gasteiger partial charge in [0.1, 0.15) is 5.01 Å². The number of nitrogens with two attached hydrogens (primary N) is 1. The lowest BCUT2D eigenvalue weighted by Crippen LogP contribution is -2.33. The summed E-state index contributed by atoms with van der Waals surface area (Å²) in [6.07, 6.45) is 0. The van der Waals surface area contributed by atoms with Crippen LogP contribution in [0.1, 0.15) is 28.3 Å². The van der Waals surface area contributed by atoms with Gasteiger partial charge < -0.3 is 20.7 Å². The van der Waals surface area contributed by atoms with E-state index in [1.165, 1.54) is 28.4 Å². The molecule has 0 aliphatic rings. The highest BCUT2D eigenvalue weighted by molar-refractivity contribution is 7.18. The standard InChI is InChI=1S/C20H20N4O4S/c1-12(18-23-15-8-3-4-9-16(15)29-18)24(2)17(25)11-28-19(26)13-6-5-7-14(10-13)22-20(21)27/h3-10,12H,11H2,1-2H3,(H3,21,22,27)/t12-/m0/s1. The summed E-state index contributed by atoms with van der Waals surface area (Å²) in [7, 11) is 1.64. The van der Waals surface area contributed by atoms with Crippen molar-refractivity contribution < 1.29 is 19.1 Å². The fourth-order valence-electron chi connectivity index (χ4n) is 2.63. The number of carbonyl (C=O) groups is 3. The van der Waals surface area contributed by atoms with Gasteiger partial charge in [-0.3, -0.25) is 4.79 Å². The lowest BCUT2D eigenvalue weighted by atomic mass is 10.2. The summed E-state index contributed by atoms with van der Waals surface area (Å²) >= 11 is 1.52. The second-order valence-corrected chi connectivity index (χ2v) is 7.41. The Kier molecular flexibility index (Phi) is 6.08. The molecule has 3 aromatic rings. The molecule has 150 valence electrons. The first-order valence-corrected chi connectivity index (χ1v) is 9.61. The third-order valence-electron chi connectivity index (χ3n) is 4.33. The van der Waals surface area contributed by atoms with Gasteiger partial charge in [0.25, 0.3) is 5.91 Å². The van der Waals surface area contributed by atoms with Crippen LogP contribution in [0.2, 0.25) is 0 Å². The minimum absolute atomic E-state index is 0.200. The van der Waals surface area contributed by atoms with Gasteiger partial charge in [0.15, 0.2) is 6.61 Å². The second kappa shape index (κ2) is 8.70. The Morgan fingerprint density at radius 1 is 1.21 bits per heavy atom. The van der Waals surface area contributed by atoms with Crippen LogP contribution in [0.15, 0.2) is 48.5 Å². The van der Waals surface area contributed by atoms with Crippen LogP contribution in [-0.2, 0) is 9.53 Å². The predicted molar refractivity (Wildman–Crippen MR) is 111 cm³/mol. The van der Waals surface area contributed by atoms with E-state index in [9.17, 15) is 14.4 Å². The highest BCUT2D eigenvalue weighted by Crippen LogP contribution is 2.28. The molecule has 9 heteroatoms. The zero-order valence-corrected chi connectivity index (χ0v) is 16.7. The predicted octanol–water partition coefficient (Wildman–Crippen LogP) is 3.16. The monoisotopic (exact) mass is 412 g/mol. The molecule has 0 radical (unpaired) electrons. The molecule has 2 aromatic carbocycles. The van der Waals surface area contributed by atoms with Crippen LogP contribution in [0.5, 0.6) is 0 Å². The van der Waals surface area contributed by atoms with E-state index < -0.39 is 18.6 Å². The van der Waals surface area contributed by atoms with Crippen molar-refractivity contribution in [3.05, 3.63) is 59.1 Å². The number of urea groups is 1. The molecule has 3 N–H and O–H groups in total. The van der Waals surface area contributed by atoms with Gasteiger partial charge in [-0.1, -0.05) is 18.2 Å². The van der Waals surface area contributed by atoms with Crippen molar-refractivity contribution in [2.75, 3.05) is 19.0 Å². The zero-order chi connectivity index (χ0) is 21.0. The maximum absolute atomic E-state index is 12.5. The van der Waals surface area contributed by atoms with Gasteiger partial charge in [-0.25, -0.2) is 14.6 Å². The summed E-state index contributed by atoms with van der Waals surface area (Å²) in [5.74, 6) is -1.02. The maximum atomic E-state index is 12.5. The van der Waals surface area contributed by atoms with Gasteiger partial charge in [0.2, 0.25) is 0 Å². The number of amides is 3. The van der Waals surface area contributed by atoms with Crippen molar-refractivity contribution >= 4 is 45.1 Å². The molecule has 8 nitrogen and oxygen atoms in total. The van der Waals surface area contributed by atoms with E-state index in [4.69, 9.17) is 10.5 Å². The Hall–Kier alpha value is -3.46. The van der Waals surface area contributed by atoms with Crippen molar-refractivity contribution in [2.24, 2.45) is 5.73 Å². The maximum Gasteiger partial charge on any atom is 0.338 e.